The van der Waals surface area contributed by atoms with Gasteiger partial charge in [0, 0.05) is 5.56 Å². The lowest BCUT2D eigenvalue weighted by atomic mass is 10.00. The quantitative estimate of drug-likeness (QED) is 0.291. The van der Waals surface area contributed by atoms with Crippen molar-refractivity contribution in [3.63, 3.8) is 0 Å². The average Bonchev–Trinajstić information content (AvgIpc) is 3.28. The third kappa shape index (κ3) is 2.65. The minimum absolute atomic E-state index is 0.302. The lowest BCUT2D eigenvalue weighted by Gasteiger charge is -2.20. The Morgan fingerprint density at radius 1 is 0.588 bits per heavy atom. The van der Waals surface area contributed by atoms with Crippen LogP contribution in [0.15, 0.2) is 119 Å². The van der Waals surface area contributed by atoms with Crippen molar-refractivity contribution in [1.29, 1.82) is 0 Å². The summed E-state index contributed by atoms with van der Waals surface area (Å²) in [4.78, 5) is 5.50. The highest BCUT2D eigenvalue weighted by atomic mass is 32.2. The van der Waals surface area contributed by atoms with Crippen molar-refractivity contribution in [1.82, 2.24) is 9.55 Å². The predicted octanol–water partition coefficient (Wildman–Crippen LogP) is 6.66. The Bertz CT molecular complexity index is 1870. The van der Waals surface area contributed by atoms with Crippen LogP contribution in [0.3, 0.4) is 0 Å². The summed E-state index contributed by atoms with van der Waals surface area (Å²) in [5.74, 6) is 0.735. The van der Waals surface area contributed by atoms with Gasteiger partial charge in [-0.1, -0.05) is 72.8 Å². The topological polar surface area (TPSA) is 52.0 Å². The zero-order chi connectivity index (χ0) is 22.9. The van der Waals surface area contributed by atoms with Gasteiger partial charge in [-0.05, 0) is 58.3 Å². The van der Waals surface area contributed by atoms with Crippen LogP contribution in [0.5, 0.6) is 0 Å². The molecule has 0 unspecified atom stereocenters. The van der Waals surface area contributed by atoms with Gasteiger partial charge < -0.3 is 0 Å². The van der Waals surface area contributed by atoms with Gasteiger partial charge in [0.2, 0.25) is 9.84 Å². The molecule has 0 bridgehead atoms. The smallest absolute Gasteiger partial charge is 0.210 e. The maximum Gasteiger partial charge on any atom is 0.210 e. The van der Waals surface area contributed by atoms with Gasteiger partial charge in [-0.25, -0.2) is 13.4 Å². The first kappa shape index (κ1) is 19.3. The van der Waals surface area contributed by atoms with Crippen molar-refractivity contribution in [2.45, 2.75) is 9.79 Å². The van der Waals surface area contributed by atoms with E-state index in [0.29, 0.717) is 26.5 Å². The molecule has 34 heavy (non-hydrogen) atoms. The van der Waals surface area contributed by atoms with Crippen LogP contribution in [0.4, 0.5) is 0 Å². The first-order valence-electron chi connectivity index (χ1n) is 11.1. The van der Waals surface area contributed by atoms with Crippen molar-refractivity contribution >= 4 is 31.6 Å². The van der Waals surface area contributed by atoms with Gasteiger partial charge in [-0.15, -0.1) is 0 Å². The zero-order valence-corrected chi connectivity index (χ0v) is 18.8. The van der Waals surface area contributed by atoms with Crippen molar-refractivity contribution in [2.24, 2.45) is 0 Å². The number of rotatable bonds is 2. The van der Waals surface area contributed by atoms with Crippen LogP contribution in [0.25, 0.3) is 50.0 Å². The molecule has 1 aromatic heterocycles. The largest absolute Gasteiger partial charge is 0.290 e. The Kier molecular flexibility index (Phi) is 3.90. The summed E-state index contributed by atoms with van der Waals surface area (Å²) in [5.41, 5.74) is 5.24. The first-order chi connectivity index (χ1) is 16.6. The van der Waals surface area contributed by atoms with Crippen molar-refractivity contribution in [3.8, 4) is 28.2 Å². The van der Waals surface area contributed by atoms with Gasteiger partial charge in [0.25, 0.3) is 0 Å². The Hall–Kier alpha value is -4.22. The number of para-hydroxylation sites is 2. The Labute approximate surface area is 196 Å². The summed E-state index contributed by atoms with van der Waals surface area (Å²) >= 11 is 0. The number of hydrogen-bond acceptors (Lipinski definition) is 3. The average molecular weight is 459 g/mol. The Morgan fingerprint density at radius 3 is 2.09 bits per heavy atom. The van der Waals surface area contributed by atoms with Gasteiger partial charge in [0.1, 0.15) is 5.82 Å². The molecule has 0 spiro atoms. The lowest BCUT2D eigenvalue weighted by Crippen LogP contribution is -2.14. The molecule has 7 rings (SSSR count). The van der Waals surface area contributed by atoms with Gasteiger partial charge in [-0.3, -0.25) is 4.57 Å². The molecule has 0 saturated heterocycles. The van der Waals surface area contributed by atoms with Gasteiger partial charge in [-0.2, -0.15) is 0 Å². The highest BCUT2D eigenvalue weighted by molar-refractivity contribution is 7.92. The molecule has 0 saturated carbocycles. The normalized spacial score (nSPS) is 13.8. The highest BCUT2D eigenvalue weighted by Crippen LogP contribution is 2.41. The third-order valence-electron chi connectivity index (χ3n) is 6.53. The van der Waals surface area contributed by atoms with E-state index in [-0.39, 0.29) is 0 Å². The fourth-order valence-electron chi connectivity index (χ4n) is 4.92. The zero-order valence-electron chi connectivity index (χ0n) is 18.0. The van der Waals surface area contributed by atoms with Crippen molar-refractivity contribution in [3.05, 3.63) is 109 Å². The number of hydrogen-bond donors (Lipinski definition) is 0. The molecule has 0 N–H and O–H groups in total. The van der Waals surface area contributed by atoms with E-state index >= 15 is 0 Å². The highest BCUT2D eigenvalue weighted by Gasteiger charge is 2.33. The molecular formula is C29H18N2O2S. The molecule has 1 aliphatic rings. The summed E-state index contributed by atoms with van der Waals surface area (Å²) in [7, 11) is -3.60. The molecule has 0 radical (unpaired) electrons. The number of nitrogens with zero attached hydrogens (tertiary/aromatic N) is 2. The number of aromatic nitrogens is 2. The number of sulfone groups is 1. The van der Waals surface area contributed by atoms with Crippen molar-refractivity contribution < 1.29 is 8.42 Å². The summed E-state index contributed by atoms with van der Waals surface area (Å²) in [6, 6.07) is 35.5. The second-order valence-electron chi connectivity index (χ2n) is 8.51. The molecule has 0 aliphatic carbocycles. The van der Waals surface area contributed by atoms with Gasteiger partial charge in [0.05, 0.1) is 26.5 Å². The van der Waals surface area contributed by atoms with Crippen LogP contribution in [0.2, 0.25) is 0 Å². The summed E-state index contributed by atoms with van der Waals surface area (Å²) in [6.07, 6.45) is 0. The second kappa shape index (κ2) is 6.89. The number of benzene rings is 5. The Morgan fingerprint density at radius 2 is 1.26 bits per heavy atom. The molecule has 4 nitrogen and oxygen atoms in total. The SMILES string of the molecule is O=S1(=O)c2ccccc2-n2c(-c3ccc4cc(-c5ccccc5)ccc4c3)nc3cccc1c32. The van der Waals surface area contributed by atoms with Gasteiger partial charge in [0.15, 0.2) is 0 Å². The van der Waals surface area contributed by atoms with E-state index in [0.717, 1.165) is 22.2 Å². The van der Waals surface area contributed by atoms with E-state index in [1.807, 2.05) is 41.0 Å². The van der Waals surface area contributed by atoms with Crippen molar-refractivity contribution in [2.75, 3.05) is 0 Å². The number of fused-ring (bicyclic) bond motifs is 3. The summed E-state index contributed by atoms with van der Waals surface area (Å²) in [6.45, 7) is 0. The molecule has 1 aliphatic heterocycles. The van der Waals surface area contributed by atoms with Gasteiger partial charge >= 0.3 is 0 Å². The molecule has 5 aromatic carbocycles. The monoisotopic (exact) mass is 458 g/mol. The summed E-state index contributed by atoms with van der Waals surface area (Å²) < 4.78 is 28.6. The van der Waals surface area contributed by atoms with E-state index in [9.17, 15) is 8.42 Å². The minimum Gasteiger partial charge on any atom is -0.290 e. The molecule has 162 valence electrons. The van der Waals surface area contributed by atoms with E-state index in [1.54, 1.807) is 24.3 Å². The number of imidazole rings is 1. The summed E-state index contributed by atoms with van der Waals surface area (Å²) in [5, 5.41) is 2.25. The Balaban J connectivity index is 1.47. The molecule has 0 atom stereocenters. The van der Waals surface area contributed by atoms with Crippen LogP contribution in [-0.4, -0.2) is 18.0 Å². The lowest BCUT2D eigenvalue weighted by molar-refractivity contribution is 0.594. The fourth-order valence-corrected chi connectivity index (χ4v) is 6.56. The second-order valence-corrected chi connectivity index (χ2v) is 10.4. The maximum atomic E-state index is 13.3. The maximum absolute atomic E-state index is 13.3. The van der Waals surface area contributed by atoms with Crippen LogP contribution in [-0.2, 0) is 9.84 Å². The molecule has 0 amide bonds. The molecule has 0 fully saturated rings. The van der Waals surface area contributed by atoms with Crippen LogP contribution >= 0.6 is 0 Å². The molecule has 5 heteroatoms. The predicted molar refractivity (Wildman–Crippen MR) is 135 cm³/mol. The van der Waals surface area contributed by atoms with Crippen LogP contribution in [0.1, 0.15) is 0 Å². The standard InChI is InChI=1S/C29H18N2O2S/c32-34(33)26-11-5-4-10-25(26)31-28-24(9-6-12-27(28)34)30-29(31)23-16-15-21-17-20(13-14-22(21)18-23)19-7-2-1-3-8-19/h1-18H. The van der Waals surface area contributed by atoms with E-state index < -0.39 is 9.84 Å². The molecule has 6 aromatic rings. The molecular weight excluding hydrogens is 440 g/mol. The van der Waals surface area contributed by atoms with E-state index in [4.69, 9.17) is 4.98 Å². The fraction of sp³-hybridized carbons (Fsp3) is 0. The van der Waals surface area contributed by atoms with E-state index in [2.05, 4.69) is 48.5 Å². The van der Waals surface area contributed by atoms with Crippen LogP contribution < -0.4 is 0 Å². The third-order valence-corrected chi connectivity index (χ3v) is 8.36. The van der Waals surface area contributed by atoms with Crippen LogP contribution in [0, 0.1) is 0 Å². The van der Waals surface area contributed by atoms with E-state index in [1.165, 1.54) is 11.1 Å². The molecule has 2 heterocycles. The first-order valence-corrected chi connectivity index (χ1v) is 12.6. The minimum atomic E-state index is -3.60.